The molecule has 0 atom stereocenters. The van der Waals surface area contributed by atoms with Gasteiger partial charge in [0.25, 0.3) is 0 Å². The number of aliphatic imine (C=N–C) groups is 1. The third kappa shape index (κ3) is 1.94. The summed E-state index contributed by atoms with van der Waals surface area (Å²) >= 11 is 0. The molecule has 0 radical (unpaired) electrons. The van der Waals surface area contributed by atoms with Gasteiger partial charge in [-0.3, -0.25) is 4.99 Å². The molecule has 0 aliphatic rings. The van der Waals surface area contributed by atoms with Gasteiger partial charge in [-0.15, -0.1) is 0 Å². The minimum atomic E-state index is 1.000. The molecule has 0 heterocycles. The standard InChI is InChI=1S/C11H15N/c1-4-11(12-3)10-7-5-9(2)6-8-10/h5-8H,4H2,1-3H3. The lowest BCUT2D eigenvalue weighted by molar-refractivity contribution is 1.24. The number of hydrogen-bond acceptors (Lipinski definition) is 1. The molecular formula is C11H15N. The van der Waals surface area contributed by atoms with Crippen molar-refractivity contribution in [2.75, 3.05) is 7.05 Å². The summed E-state index contributed by atoms with van der Waals surface area (Å²) in [6.45, 7) is 4.22. The molecular weight excluding hydrogens is 146 g/mol. The highest BCUT2D eigenvalue weighted by Gasteiger charge is 1.97. The second-order valence-corrected chi connectivity index (χ2v) is 2.89. The van der Waals surface area contributed by atoms with E-state index in [1.165, 1.54) is 16.8 Å². The number of hydrogen-bond donors (Lipinski definition) is 0. The summed E-state index contributed by atoms with van der Waals surface area (Å²) in [6, 6.07) is 8.49. The Balaban J connectivity index is 2.96. The zero-order valence-electron chi connectivity index (χ0n) is 7.96. The summed E-state index contributed by atoms with van der Waals surface area (Å²) in [6.07, 6.45) is 1.000. The predicted molar refractivity (Wildman–Crippen MR) is 53.9 cm³/mol. The normalized spacial score (nSPS) is 11.8. The van der Waals surface area contributed by atoms with Gasteiger partial charge < -0.3 is 0 Å². The molecule has 0 bridgehead atoms. The average Bonchev–Trinajstić information content (AvgIpc) is 2.10. The van der Waals surface area contributed by atoms with Crippen molar-refractivity contribution in [1.29, 1.82) is 0 Å². The Morgan fingerprint density at radius 1 is 1.25 bits per heavy atom. The van der Waals surface area contributed by atoms with E-state index >= 15 is 0 Å². The first kappa shape index (κ1) is 8.98. The van der Waals surface area contributed by atoms with E-state index < -0.39 is 0 Å². The van der Waals surface area contributed by atoms with Gasteiger partial charge in [-0.1, -0.05) is 36.8 Å². The molecule has 1 rings (SSSR count). The van der Waals surface area contributed by atoms with Crippen LogP contribution in [0.3, 0.4) is 0 Å². The Morgan fingerprint density at radius 3 is 2.25 bits per heavy atom. The number of rotatable bonds is 2. The summed E-state index contributed by atoms with van der Waals surface area (Å²) in [4.78, 5) is 4.22. The van der Waals surface area contributed by atoms with Crippen molar-refractivity contribution in [3.8, 4) is 0 Å². The summed E-state index contributed by atoms with van der Waals surface area (Å²) in [5.41, 5.74) is 3.71. The summed E-state index contributed by atoms with van der Waals surface area (Å²) in [5, 5.41) is 0. The smallest absolute Gasteiger partial charge is 0.0414 e. The van der Waals surface area contributed by atoms with Crippen molar-refractivity contribution in [3.63, 3.8) is 0 Å². The predicted octanol–water partition coefficient (Wildman–Crippen LogP) is 2.82. The van der Waals surface area contributed by atoms with Gasteiger partial charge in [-0.05, 0) is 18.9 Å². The lowest BCUT2D eigenvalue weighted by atomic mass is 10.1. The molecule has 12 heavy (non-hydrogen) atoms. The first-order valence-corrected chi connectivity index (χ1v) is 4.30. The van der Waals surface area contributed by atoms with Crippen molar-refractivity contribution < 1.29 is 0 Å². The topological polar surface area (TPSA) is 12.4 Å². The molecule has 1 aromatic rings. The van der Waals surface area contributed by atoms with E-state index in [1.54, 1.807) is 0 Å². The van der Waals surface area contributed by atoms with E-state index in [0.29, 0.717) is 0 Å². The summed E-state index contributed by atoms with van der Waals surface area (Å²) in [5.74, 6) is 0. The van der Waals surface area contributed by atoms with Gasteiger partial charge in [0, 0.05) is 12.8 Å². The van der Waals surface area contributed by atoms with Crippen LogP contribution in [0, 0.1) is 6.92 Å². The number of aryl methyl sites for hydroxylation is 1. The summed E-state index contributed by atoms with van der Waals surface area (Å²) in [7, 11) is 1.85. The Morgan fingerprint density at radius 2 is 1.83 bits per heavy atom. The zero-order valence-corrected chi connectivity index (χ0v) is 7.96. The maximum atomic E-state index is 4.22. The number of benzene rings is 1. The second-order valence-electron chi connectivity index (χ2n) is 2.89. The van der Waals surface area contributed by atoms with Crippen molar-refractivity contribution in [2.45, 2.75) is 20.3 Å². The van der Waals surface area contributed by atoms with Crippen LogP contribution in [0.15, 0.2) is 29.3 Å². The molecule has 1 heteroatoms. The molecule has 1 nitrogen and oxygen atoms in total. The molecule has 0 amide bonds. The molecule has 0 aliphatic heterocycles. The van der Waals surface area contributed by atoms with Gasteiger partial charge in [-0.25, -0.2) is 0 Å². The van der Waals surface area contributed by atoms with Gasteiger partial charge in [0.15, 0.2) is 0 Å². The van der Waals surface area contributed by atoms with Gasteiger partial charge in [-0.2, -0.15) is 0 Å². The second kappa shape index (κ2) is 4.05. The van der Waals surface area contributed by atoms with E-state index in [4.69, 9.17) is 0 Å². The van der Waals surface area contributed by atoms with E-state index in [-0.39, 0.29) is 0 Å². The minimum Gasteiger partial charge on any atom is -0.292 e. The van der Waals surface area contributed by atoms with E-state index in [2.05, 4.69) is 43.1 Å². The van der Waals surface area contributed by atoms with Crippen LogP contribution in [0.25, 0.3) is 0 Å². The highest BCUT2D eigenvalue weighted by molar-refractivity contribution is 6.00. The monoisotopic (exact) mass is 161 g/mol. The van der Waals surface area contributed by atoms with Crippen LogP contribution in [-0.2, 0) is 0 Å². The van der Waals surface area contributed by atoms with E-state index in [1.807, 2.05) is 7.05 Å². The van der Waals surface area contributed by atoms with Crippen LogP contribution in [0.1, 0.15) is 24.5 Å². The SMILES string of the molecule is CCC(=NC)c1ccc(C)cc1. The quantitative estimate of drug-likeness (QED) is 0.591. The van der Waals surface area contributed by atoms with Crippen LogP contribution in [0.2, 0.25) is 0 Å². The lowest BCUT2D eigenvalue weighted by Crippen LogP contribution is -1.97. The Labute approximate surface area is 74.2 Å². The maximum Gasteiger partial charge on any atom is 0.0414 e. The van der Waals surface area contributed by atoms with Crippen LogP contribution < -0.4 is 0 Å². The molecule has 64 valence electrons. The van der Waals surface area contributed by atoms with E-state index in [0.717, 1.165) is 6.42 Å². The Kier molecular flexibility index (Phi) is 3.03. The molecule has 1 aromatic carbocycles. The van der Waals surface area contributed by atoms with Crippen molar-refractivity contribution in [3.05, 3.63) is 35.4 Å². The maximum absolute atomic E-state index is 4.22. The fourth-order valence-corrected chi connectivity index (χ4v) is 1.24. The zero-order chi connectivity index (χ0) is 8.97. The Bertz CT molecular complexity index is 270. The lowest BCUT2D eigenvalue weighted by Gasteiger charge is -2.02. The third-order valence-corrected chi connectivity index (χ3v) is 1.99. The molecule has 0 aliphatic carbocycles. The van der Waals surface area contributed by atoms with Crippen molar-refractivity contribution in [1.82, 2.24) is 0 Å². The third-order valence-electron chi connectivity index (χ3n) is 1.99. The molecule has 0 spiro atoms. The van der Waals surface area contributed by atoms with Crippen LogP contribution >= 0.6 is 0 Å². The van der Waals surface area contributed by atoms with Crippen LogP contribution in [0.5, 0.6) is 0 Å². The van der Waals surface area contributed by atoms with E-state index in [9.17, 15) is 0 Å². The van der Waals surface area contributed by atoms with Crippen molar-refractivity contribution >= 4 is 5.71 Å². The molecule has 0 unspecified atom stereocenters. The largest absolute Gasteiger partial charge is 0.292 e. The fraction of sp³-hybridized carbons (Fsp3) is 0.364. The van der Waals surface area contributed by atoms with Gasteiger partial charge >= 0.3 is 0 Å². The first-order chi connectivity index (χ1) is 5.77. The molecule has 0 saturated carbocycles. The molecule has 0 fully saturated rings. The van der Waals surface area contributed by atoms with Crippen LogP contribution in [0.4, 0.5) is 0 Å². The first-order valence-electron chi connectivity index (χ1n) is 4.30. The number of nitrogens with zero attached hydrogens (tertiary/aromatic N) is 1. The average molecular weight is 161 g/mol. The van der Waals surface area contributed by atoms with Crippen LogP contribution in [-0.4, -0.2) is 12.8 Å². The molecule has 0 N–H and O–H groups in total. The highest BCUT2D eigenvalue weighted by atomic mass is 14.7. The fourth-order valence-electron chi connectivity index (χ4n) is 1.24. The van der Waals surface area contributed by atoms with Gasteiger partial charge in [0.05, 0.1) is 0 Å². The summed E-state index contributed by atoms with van der Waals surface area (Å²) < 4.78 is 0. The highest BCUT2D eigenvalue weighted by Crippen LogP contribution is 2.06. The van der Waals surface area contributed by atoms with Gasteiger partial charge in [0.1, 0.15) is 0 Å². The molecule has 0 aromatic heterocycles. The van der Waals surface area contributed by atoms with Crippen molar-refractivity contribution in [2.24, 2.45) is 4.99 Å². The molecule has 0 saturated heterocycles. The Hall–Kier alpha value is -1.11. The van der Waals surface area contributed by atoms with Gasteiger partial charge in [0.2, 0.25) is 0 Å². The minimum absolute atomic E-state index is 1.000.